The molecule has 5 nitrogen and oxygen atoms in total. The fraction of sp³-hybridized carbons (Fsp3) is 0.381. The SMILES string of the molecule is CCCC(C)NC(=O)CN(c1ccc(C)c(C)c1)S(=O)(=O)c1ccc(Cl)cc1. The van der Waals surface area contributed by atoms with Gasteiger partial charge in [0.05, 0.1) is 10.6 Å². The summed E-state index contributed by atoms with van der Waals surface area (Å²) in [4.78, 5) is 12.6. The molecule has 0 radical (unpaired) electrons. The van der Waals surface area contributed by atoms with Crippen molar-refractivity contribution < 1.29 is 13.2 Å². The van der Waals surface area contributed by atoms with Gasteiger partial charge in [-0.25, -0.2) is 8.42 Å². The molecule has 0 saturated heterocycles. The fourth-order valence-corrected chi connectivity index (χ4v) is 4.42. The maximum absolute atomic E-state index is 13.3. The zero-order chi connectivity index (χ0) is 20.9. The molecule has 1 N–H and O–H groups in total. The summed E-state index contributed by atoms with van der Waals surface area (Å²) in [7, 11) is -3.93. The second-order valence-electron chi connectivity index (χ2n) is 6.99. The zero-order valence-corrected chi connectivity index (χ0v) is 18.3. The van der Waals surface area contributed by atoms with Crippen molar-refractivity contribution in [1.29, 1.82) is 0 Å². The molecule has 0 aliphatic rings. The number of amides is 1. The number of halogens is 1. The molecule has 0 heterocycles. The molecular weight excluding hydrogens is 396 g/mol. The molecule has 0 saturated carbocycles. The Balaban J connectivity index is 2.42. The van der Waals surface area contributed by atoms with E-state index in [1.54, 1.807) is 12.1 Å². The largest absolute Gasteiger partial charge is 0.352 e. The van der Waals surface area contributed by atoms with Gasteiger partial charge in [0.2, 0.25) is 5.91 Å². The molecule has 0 aliphatic carbocycles. The first-order valence-electron chi connectivity index (χ1n) is 9.30. The van der Waals surface area contributed by atoms with Crippen LogP contribution in [0.25, 0.3) is 0 Å². The van der Waals surface area contributed by atoms with E-state index in [0.717, 1.165) is 28.3 Å². The fourth-order valence-electron chi connectivity index (χ4n) is 2.89. The van der Waals surface area contributed by atoms with E-state index in [0.29, 0.717) is 10.7 Å². The van der Waals surface area contributed by atoms with Crippen molar-refractivity contribution in [1.82, 2.24) is 5.32 Å². The van der Waals surface area contributed by atoms with Gasteiger partial charge in [-0.1, -0.05) is 31.0 Å². The van der Waals surface area contributed by atoms with E-state index in [-0.39, 0.29) is 23.4 Å². The molecule has 2 aromatic carbocycles. The van der Waals surface area contributed by atoms with Crippen LogP contribution in [0, 0.1) is 13.8 Å². The molecule has 1 unspecified atom stereocenters. The van der Waals surface area contributed by atoms with E-state index >= 15 is 0 Å². The van der Waals surface area contributed by atoms with Gasteiger partial charge in [0, 0.05) is 11.1 Å². The second-order valence-corrected chi connectivity index (χ2v) is 9.29. The van der Waals surface area contributed by atoms with Gasteiger partial charge in [-0.05, 0) is 74.7 Å². The Kier molecular flexibility index (Phi) is 7.49. The van der Waals surface area contributed by atoms with E-state index in [1.807, 2.05) is 33.8 Å². The van der Waals surface area contributed by atoms with Crippen LogP contribution in [0.1, 0.15) is 37.8 Å². The van der Waals surface area contributed by atoms with Gasteiger partial charge < -0.3 is 5.32 Å². The molecule has 0 aromatic heterocycles. The number of hydrogen-bond donors (Lipinski definition) is 1. The lowest BCUT2D eigenvalue weighted by Crippen LogP contribution is -2.43. The number of benzene rings is 2. The van der Waals surface area contributed by atoms with Crippen LogP contribution in [0.5, 0.6) is 0 Å². The van der Waals surface area contributed by atoms with Crippen molar-refractivity contribution in [3.8, 4) is 0 Å². The first-order valence-corrected chi connectivity index (χ1v) is 11.1. The van der Waals surface area contributed by atoms with Gasteiger partial charge in [0.1, 0.15) is 6.54 Å². The number of rotatable bonds is 8. The molecule has 1 atom stereocenters. The third-order valence-corrected chi connectivity index (χ3v) is 6.64. The monoisotopic (exact) mass is 422 g/mol. The van der Waals surface area contributed by atoms with Crippen molar-refractivity contribution in [2.75, 3.05) is 10.8 Å². The highest BCUT2D eigenvalue weighted by molar-refractivity contribution is 7.92. The molecule has 1 amide bonds. The summed E-state index contributed by atoms with van der Waals surface area (Å²) in [6, 6.07) is 11.3. The highest BCUT2D eigenvalue weighted by atomic mass is 35.5. The van der Waals surface area contributed by atoms with E-state index in [2.05, 4.69) is 5.32 Å². The summed E-state index contributed by atoms with van der Waals surface area (Å²) in [5.74, 6) is -0.336. The van der Waals surface area contributed by atoms with E-state index in [1.165, 1.54) is 24.3 Å². The number of nitrogens with zero attached hydrogens (tertiary/aromatic N) is 1. The Morgan fingerprint density at radius 1 is 1.11 bits per heavy atom. The van der Waals surface area contributed by atoms with E-state index < -0.39 is 10.0 Å². The predicted molar refractivity (Wildman–Crippen MR) is 114 cm³/mol. The Bertz CT molecular complexity index is 927. The van der Waals surface area contributed by atoms with Crippen LogP contribution in [0.3, 0.4) is 0 Å². The van der Waals surface area contributed by atoms with Crippen LogP contribution < -0.4 is 9.62 Å². The Morgan fingerprint density at radius 3 is 2.32 bits per heavy atom. The number of carbonyl (C=O) groups excluding carboxylic acids is 1. The van der Waals surface area contributed by atoms with Crippen molar-refractivity contribution >= 4 is 33.2 Å². The molecule has 28 heavy (non-hydrogen) atoms. The molecule has 0 aliphatic heterocycles. The molecule has 2 rings (SSSR count). The third kappa shape index (κ3) is 5.49. The number of hydrogen-bond acceptors (Lipinski definition) is 3. The molecule has 0 bridgehead atoms. The molecule has 0 spiro atoms. The van der Waals surface area contributed by atoms with E-state index in [9.17, 15) is 13.2 Å². The lowest BCUT2D eigenvalue weighted by Gasteiger charge is -2.25. The molecule has 0 fully saturated rings. The minimum atomic E-state index is -3.93. The van der Waals surface area contributed by atoms with Crippen molar-refractivity contribution in [2.45, 2.75) is 51.5 Å². The van der Waals surface area contributed by atoms with Gasteiger partial charge in [-0.15, -0.1) is 0 Å². The highest BCUT2D eigenvalue weighted by Crippen LogP contribution is 2.26. The summed E-state index contributed by atoms with van der Waals surface area (Å²) in [6.45, 7) is 7.53. The van der Waals surface area contributed by atoms with Crippen molar-refractivity contribution in [2.24, 2.45) is 0 Å². The summed E-state index contributed by atoms with van der Waals surface area (Å²) < 4.78 is 27.7. The predicted octanol–water partition coefficient (Wildman–Crippen LogP) is 4.46. The van der Waals surface area contributed by atoms with Crippen molar-refractivity contribution in [3.63, 3.8) is 0 Å². The third-order valence-electron chi connectivity index (χ3n) is 4.60. The lowest BCUT2D eigenvalue weighted by atomic mass is 10.1. The molecule has 2 aromatic rings. The van der Waals surface area contributed by atoms with Crippen LogP contribution in [0.15, 0.2) is 47.4 Å². The normalized spacial score (nSPS) is 12.5. The summed E-state index contributed by atoms with van der Waals surface area (Å²) >= 11 is 5.90. The van der Waals surface area contributed by atoms with E-state index in [4.69, 9.17) is 11.6 Å². The second kappa shape index (κ2) is 9.43. The molecule has 152 valence electrons. The van der Waals surface area contributed by atoms with Gasteiger partial charge in [0.15, 0.2) is 0 Å². The number of anilines is 1. The standard InChI is InChI=1S/C21H27ClN2O3S/c1-5-6-17(4)23-21(25)14-24(19-10-7-15(2)16(3)13-19)28(26,27)20-11-8-18(22)9-12-20/h7-13,17H,5-6,14H2,1-4H3,(H,23,25). The highest BCUT2D eigenvalue weighted by Gasteiger charge is 2.27. The smallest absolute Gasteiger partial charge is 0.264 e. The van der Waals surface area contributed by atoms with Gasteiger partial charge in [-0.3, -0.25) is 9.10 Å². The number of carbonyl (C=O) groups is 1. The maximum Gasteiger partial charge on any atom is 0.264 e. The number of nitrogens with one attached hydrogen (secondary N) is 1. The summed E-state index contributed by atoms with van der Waals surface area (Å²) in [5.41, 5.74) is 2.46. The summed E-state index contributed by atoms with van der Waals surface area (Å²) in [6.07, 6.45) is 1.77. The maximum atomic E-state index is 13.3. The van der Waals surface area contributed by atoms with Crippen LogP contribution in [-0.4, -0.2) is 26.9 Å². The Labute approximate surface area is 172 Å². The average Bonchev–Trinajstić information content (AvgIpc) is 2.62. The molecule has 7 heteroatoms. The first-order chi connectivity index (χ1) is 13.1. The van der Waals surface area contributed by atoms with Gasteiger partial charge >= 0.3 is 0 Å². The van der Waals surface area contributed by atoms with Gasteiger partial charge in [0.25, 0.3) is 10.0 Å². The minimum absolute atomic E-state index is 0.0164. The number of sulfonamides is 1. The van der Waals surface area contributed by atoms with Crippen LogP contribution in [0.2, 0.25) is 5.02 Å². The lowest BCUT2D eigenvalue weighted by molar-refractivity contribution is -0.120. The van der Waals surface area contributed by atoms with Crippen molar-refractivity contribution in [3.05, 3.63) is 58.6 Å². The average molecular weight is 423 g/mol. The Hall–Kier alpha value is -2.05. The van der Waals surface area contributed by atoms with Gasteiger partial charge in [-0.2, -0.15) is 0 Å². The zero-order valence-electron chi connectivity index (χ0n) is 16.7. The number of aryl methyl sites for hydroxylation is 2. The quantitative estimate of drug-likeness (QED) is 0.683. The Morgan fingerprint density at radius 2 is 1.75 bits per heavy atom. The van der Waals surface area contributed by atoms with Crippen LogP contribution >= 0.6 is 11.6 Å². The van der Waals surface area contributed by atoms with Crippen LogP contribution in [0.4, 0.5) is 5.69 Å². The topological polar surface area (TPSA) is 66.5 Å². The minimum Gasteiger partial charge on any atom is -0.352 e. The summed E-state index contributed by atoms with van der Waals surface area (Å²) in [5, 5.41) is 3.32. The molecular formula is C21H27ClN2O3S. The van der Waals surface area contributed by atoms with Crippen LogP contribution in [-0.2, 0) is 14.8 Å². The first kappa shape index (κ1) is 22.2.